The molecule has 0 unspecified atom stereocenters. The Hall–Kier alpha value is -2.42. The highest BCUT2D eigenvalue weighted by atomic mass is 79.9. The van der Waals surface area contributed by atoms with E-state index in [1.807, 2.05) is 19.1 Å². The second-order valence-corrected chi connectivity index (χ2v) is 8.54. The van der Waals surface area contributed by atoms with Crippen LogP contribution in [0.25, 0.3) is 11.0 Å². The van der Waals surface area contributed by atoms with Gasteiger partial charge in [0.2, 0.25) is 0 Å². The molecule has 3 heterocycles. The lowest BCUT2D eigenvalue weighted by Crippen LogP contribution is -2.48. The molecule has 8 heteroatoms. The van der Waals surface area contributed by atoms with E-state index in [-0.39, 0.29) is 17.2 Å². The van der Waals surface area contributed by atoms with Gasteiger partial charge in [0.05, 0.1) is 11.4 Å². The smallest absolute Gasteiger partial charge is 0.287 e. The van der Waals surface area contributed by atoms with Gasteiger partial charge in [-0.15, -0.1) is 0 Å². The van der Waals surface area contributed by atoms with Crippen LogP contribution in [0.15, 0.2) is 54.5 Å². The molecule has 158 valence electrons. The van der Waals surface area contributed by atoms with E-state index in [0.29, 0.717) is 17.5 Å². The summed E-state index contributed by atoms with van der Waals surface area (Å²) in [7, 11) is 2.10. The van der Waals surface area contributed by atoms with Crippen molar-refractivity contribution in [3.63, 3.8) is 0 Å². The maximum Gasteiger partial charge on any atom is 0.287 e. The Balaban J connectivity index is 1.53. The van der Waals surface area contributed by atoms with Crippen LogP contribution < -0.4 is 10.7 Å². The highest BCUT2D eigenvalue weighted by molar-refractivity contribution is 9.10. The first-order valence-electron chi connectivity index (χ1n) is 9.91. The lowest BCUT2D eigenvalue weighted by Gasteiger charge is -2.37. The molecular formula is C22H24BrN3O4. The molecule has 0 radical (unpaired) electrons. The monoisotopic (exact) mass is 473 g/mol. The van der Waals surface area contributed by atoms with Crippen LogP contribution in [0.1, 0.15) is 28.1 Å². The molecule has 0 spiro atoms. The third-order valence-electron chi connectivity index (χ3n) is 5.44. The lowest BCUT2D eigenvalue weighted by atomic mass is 10.1. The number of fused-ring (bicyclic) bond motifs is 1. The average Bonchev–Trinajstić information content (AvgIpc) is 3.15. The average molecular weight is 474 g/mol. The van der Waals surface area contributed by atoms with Crippen LogP contribution in [-0.4, -0.2) is 55.5 Å². The van der Waals surface area contributed by atoms with E-state index in [1.165, 1.54) is 6.07 Å². The van der Waals surface area contributed by atoms with Crippen LogP contribution in [0, 0.1) is 6.92 Å². The minimum atomic E-state index is -0.417. The van der Waals surface area contributed by atoms with Gasteiger partial charge in [0.25, 0.3) is 5.91 Å². The van der Waals surface area contributed by atoms with Crippen LogP contribution in [0.2, 0.25) is 0 Å². The maximum absolute atomic E-state index is 12.8. The maximum atomic E-state index is 12.8. The van der Waals surface area contributed by atoms with Crippen LogP contribution >= 0.6 is 15.9 Å². The quantitative estimate of drug-likeness (QED) is 0.612. The van der Waals surface area contributed by atoms with Gasteiger partial charge in [-0.25, -0.2) is 0 Å². The summed E-state index contributed by atoms with van der Waals surface area (Å²) in [5, 5.41) is 3.36. The van der Waals surface area contributed by atoms with Gasteiger partial charge in [-0.1, -0.05) is 15.9 Å². The molecule has 0 aliphatic carbocycles. The van der Waals surface area contributed by atoms with Gasteiger partial charge in [0.15, 0.2) is 11.2 Å². The number of benzene rings is 1. The highest BCUT2D eigenvalue weighted by Crippen LogP contribution is 2.24. The predicted molar refractivity (Wildman–Crippen MR) is 118 cm³/mol. The van der Waals surface area contributed by atoms with Crippen molar-refractivity contribution in [2.75, 3.05) is 39.8 Å². The fourth-order valence-electron chi connectivity index (χ4n) is 3.69. The zero-order chi connectivity index (χ0) is 21.3. The summed E-state index contributed by atoms with van der Waals surface area (Å²) in [5.41, 5.74) is 0.133. The van der Waals surface area contributed by atoms with Gasteiger partial charge >= 0.3 is 0 Å². The molecule has 2 aromatic heterocycles. The van der Waals surface area contributed by atoms with Crippen molar-refractivity contribution >= 4 is 32.8 Å². The van der Waals surface area contributed by atoms with Crippen molar-refractivity contribution in [3.05, 3.63) is 68.4 Å². The SMILES string of the molecule is Cc1ccc([C@@H](CNC(=O)c2cc(=O)c3cc(Br)ccc3o2)N2CCN(C)CC2)o1. The van der Waals surface area contributed by atoms with Crippen molar-refractivity contribution in [2.45, 2.75) is 13.0 Å². The molecule has 1 amide bonds. The zero-order valence-electron chi connectivity index (χ0n) is 17.0. The Morgan fingerprint density at radius 3 is 2.60 bits per heavy atom. The summed E-state index contributed by atoms with van der Waals surface area (Å²) in [6.07, 6.45) is 0. The van der Waals surface area contributed by atoms with Crippen molar-refractivity contribution < 1.29 is 13.6 Å². The van der Waals surface area contributed by atoms with Crippen LogP contribution in [0.5, 0.6) is 0 Å². The first-order chi connectivity index (χ1) is 14.4. The Labute approximate surface area is 182 Å². The van der Waals surface area contributed by atoms with Crippen molar-refractivity contribution in [2.24, 2.45) is 0 Å². The molecule has 1 fully saturated rings. The Morgan fingerprint density at radius 2 is 1.90 bits per heavy atom. The van der Waals surface area contributed by atoms with Gasteiger partial charge in [0, 0.05) is 43.3 Å². The Kier molecular flexibility index (Phi) is 6.08. The van der Waals surface area contributed by atoms with Crippen LogP contribution in [0.3, 0.4) is 0 Å². The molecule has 1 aromatic carbocycles. The summed E-state index contributed by atoms with van der Waals surface area (Å²) in [4.78, 5) is 29.8. The van der Waals surface area contributed by atoms with E-state index in [0.717, 1.165) is 42.2 Å². The number of amides is 1. The van der Waals surface area contributed by atoms with Crippen LogP contribution in [-0.2, 0) is 0 Å². The normalized spacial score (nSPS) is 16.6. The van der Waals surface area contributed by atoms with Gasteiger partial charge in [-0.3, -0.25) is 14.5 Å². The molecular weight excluding hydrogens is 450 g/mol. The van der Waals surface area contributed by atoms with Crippen molar-refractivity contribution in [1.82, 2.24) is 15.1 Å². The molecule has 3 aromatic rings. The molecule has 1 N–H and O–H groups in total. The fourth-order valence-corrected chi connectivity index (χ4v) is 4.05. The fraction of sp³-hybridized carbons (Fsp3) is 0.364. The molecule has 1 saturated heterocycles. The van der Waals surface area contributed by atoms with E-state index in [1.54, 1.807) is 18.2 Å². The second-order valence-electron chi connectivity index (χ2n) is 7.63. The molecule has 4 rings (SSSR count). The number of halogens is 1. The zero-order valence-corrected chi connectivity index (χ0v) is 18.6. The number of likely N-dealkylation sites (N-methyl/N-ethyl adjacent to an activating group) is 1. The first-order valence-corrected chi connectivity index (χ1v) is 10.7. The summed E-state index contributed by atoms with van der Waals surface area (Å²) < 4.78 is 12.3. The molecule has 0 bridgehead atoms. The highest BCUT2D eigenvalue weighted by Gasteiger charge is 2.27. The van der Waals surface area contributed by atoms with E-state index < -0.39 is 5.91 Å². The number of carbonyl (C=O) groups is 1. The van der Waals surface area contributed by atoms with Crippen LogP contribution in [0.4, 0.5) is 0 Å². The molecule has 7 nitrogen and oxygen atoms in total. The number of carbonyl (C=O) groups excluding carboxylic acids is 1. The van der Waals surface area contributed by atoms with E-state index in [9.17, 15) is 9.59 Å². The summed E-state index contributed by atoms with van der Waals surface area (Å²) in [6.45, 7) is 5.95. The van der Waals surface area contributed by atoms with E-state index >= 15 is 0 Å². The molecule has 1 atom stereocenters. The van der Waals surface area contributed by atoms with E-state index in [2.05, 4.69) is 38.1 Å². The molecule has 30 heavy (non-hydrogen) atoms. The van der Waals surface area contributed by atoms with Crippen molar-refractivity contribution in [1.29, 1.82) is 0 Å². The minimum absolute atomic E-state index is 0.00238. The minimum Gasteiger partial charge on any atom is -0.465 e. The number of nitrogens with one attached hydrogen (secondary N) is 1. The van der Waals surface area contributed by atoms with Gasteiger partial charge in [0.1, 0.15) is 17.1 Å². The third-order valence-corrected chi connectivity index (χ3v) is 5.93. The lowest BCUT2D eigenvalue weighted by molar-refractivity contribution is 0.0830. The van der Waals surface area contributed by atoms with Gasteiger partial charge in [-0.05, 0) is 44.3 Å². The number of furan rings is 1. The predicted octanol–water partition coefficient (Wildman–Crippen LogP) is 3.18. The van der Waals surface area contributed by atoms with Gasteiger partial charge < -0.3 is 19.1 Å². The van der Waals surface area contributed by atoms with Crippen molar-refractivity contribution in [3.8, 4) is 0 Å². The summed E-state index contributed by atoms with van der Waals surface area (Å²) in [5.74, 6) is 1.24. The third kappa shape index (κ3) is 4.50. The second kappa shape index (κ2) is 8.75. The number of hydrogen-bond acceptors (Lipinski definition) is 6. The number of piperazine rings is 1. The number of rotatable bonds is 5. The standard InChI is InChI=1S/C22H24BrN3O4/c1-14-3-5-20(29-14)17(26-9-7-25(2)8-10-26)13-24-22(28)21-12-18(27)16-11-15(23)4-6-19(16)30-21/h3-6,11-12,17H,7-10,13H2,1-2H3,(H,24,28)/t17-/m1/s1. The topological polar surface area (TPSA) is 78.9 Å². The van der Waals surface area contributed by atoms with E-state index in [4.69, 9.17) is 8.83 Å². The largest absolute Gasteiger partial charge is 0.465 e. The molecule has 1 aliphatic heterocycles. The first kappa shape index (κ1) is 20.8. The number of hydrogen-bond donors (Lipinski definition) is 1. The Morgan fingerprint density at radius 1 is 1.13 bits per heavy atom. The number of aryl methyl sites for hydroxylation is 1. The molecule has 0 saturated carbocycles. The Bertz CT molecular complexity index is 1120. The van der Waals surface area contributed by atoms with Gasteiger partial charge in [-0.2, -0.15) is 0 Å². The number of nitrogens with zero attached hydrogens (tertiary/aromatic N) is 2. The summed E-state index contributed by atoms with van der Waals surface area (Å²) in [6, 6.07) is 10.2. The summed E-state index contributed by atoms with van der Waals surface area (Å²) >= 11 is 3.34. The molecule has 1 aliphatic rings.